The second kappa shape index (κ2) is 42.6. The summed E-state index contributed by atoms with van der Waals surface area (Å²) in [7, 11) is 0. The minimum Gasteiger partial charge on any atom is -0.0991 e. The molecule has 0 aromatic rings. The first kappa shape index (κ1) is 49.2. The van der Waals surface area contributed by atoms with Gasteiger partial charge < -0.3 is 0 Å². The summed E-state index contributed by atoms with van der Waals surface area (Å²) in [6, 6.07) is 0. The van der Waals surface area contributed by atoms with Gasteiger partial charge in [-0.3, -0.25) is 0 Å². The van der Waals surface area contributed by atoms with Crippen molar-refractivity contribution in [3.05, 3.63) is 37.0 Å². The smallest absolute Gasteiger partial charge is 0.0348 e. The molecule has 0 saturated heterocycles. The van der Waals surface area contributed by atoms with Crippen molar-refractivity contribution in [1.29, 1.82) is 0 Å². The molecule has 0 atom stereocenters. The van der Waals surface area contributed by atoms with E-state index in [9.17, 15) is 0 Å². The van der Waals surface area contributed by atoms with Crippen LogP contribution in [0.5, 0.6) is 0 Å². The maximum atomic E-state index is 3.69. The molecule has 0 bridgehead atoms. The first-order valence-electron chi connectivity index (χ1n) is 23.5. The number of rotatable bonds is 42. The largest absolute Gasteiger partial charge is 0.0991 e. The molecule has 0 heterocycles. The Hall–Kier alpha value is -0.780. The molecule has 0 radical (unpaired) electrons. The highest BCUT2D eigenvalue weighted by Gasteiger charge is 2.08. The second-order valence-corrected chi connectivity index (χ2v) is 17.6. The van der Waals surface area contributed by atoms with Gasteiger partial charge in [0.1, 0.15) is 0 Å². The van der Waals surface area contributed by atoms with Gasteiger partial charge in [0.2, 0.25) is 0 Å². The molecule has 0 aromatic heterocycles. The Morgan fingerprint density at radius 3 is 0.720 bits per heavy atom. The summed E-state index contributed by atoms with van der Waals surface area (Å²) in [5.74, 6) is 0. The van der Waals surface area contributed by atoms with Crippen molar-refractivity contribution in [1.82, 2.24) is 0 Å². The standard InChI is InChI=1S/C50H96/c1-5-6-7-8-9-10-11-12-13-14-15-16-17-18-19-20-21-22-23-24-25-26-27-28-29-30-31-32-33-34-35-36-37-38-39-40-41-42-43-44-45-46-47-48-49-50(2,3)4/h5-9H,1,10-49H2,2-4H3. The minimum atomic E-state index is 0.530. The number of allylic oxidation sites excluding steroid dienone is 5. The zero-order valence-corrected chi connectivity index (χ0v) is 35.4. The lowest BCUT2D eigenvalue weighted by Crippen LogP contribution is -2.03. The fourth-order valence-corrected chi connectivity index (χ4v) is 7.60. The van der Waals surface area contributed by atoms with Crippen molar-refractivity contribution in [3.63, 3.8) is 0 Å². The predicted molar refractivity (Wildman–Crippen MR) is 233 cm³/mol. The van der Waals surface area contributed by atoms with Gasteiger partial charge in [0, 0.05) is 0 Å². The van der Waals surface area contributed by atoms with Gasteiger partial charge >= 0.3 is 0 Å². The van der Waals surface area contributed by atoms with E-state index in [0.717, 1.165) is 0 Å². The van der Waals surface area contributed by atoms with E-state index in [1.165, 1.54) is 257 Å². The summed E-state index contributed by atoms with van der Waals surface area (Å²) in [6.45, 7) is 10.8. The van der Waals surface area contributed by atoms with Crippen LogP contribution in [0.3, 0.4) is 0 Å². The lowest BCUT2D eigenvalue weighted by molar-refractivity contribution is 0.356. The SMILES string of the molecule is C=CC=CC=CCCCCCCCCCCCCCCCCCCCCCCCCCCCCCCCCCCCCCCCCC(C)(C)C. The fourth-order valence-electron chi connectivity index (χ4n) is 7.60. The summed E-state index contributed by atoms with van der Waals surface area (Å²) in [5.41, 5.74) is 0.530. The van der Waals surface area contributed by atoms with Crippen molar-refractivity contribution in [2.24, 2.45) is 5.41 Å². The van der Waals surface area contributed by atoms with Gasteiger partial charge in [-0.2, -0.15) is 0 Å². The highest BCUT2D eigenvalue weighted by Crippen LogP contribution is 2.23. The zero-order chi connectivity index (χ0) is 36.3. The molecule has 0 heteroatoms. The first-order chi connectivity index (χ1) is 24.6. The van der Waals surface area contributed by atoms with Gasteiger partial charge in [-0.05, 0) is 24.7 Å². The summed E-state index contributed by atoms with van der Waals surface area (Å²) in [6.07, 6.45) is 68.9. The summed E-state index contributed by atoms with van der Waals surface area (Å²) in [4.78, 5) is 0. The maximum Gasteiger partial charge on any atom is -0.0348 e. The summed E-state index contributed by atoms with van der Waals surface area (Å²) >= 11 is 0. The van der Waals surface area contributed by atoms with E-state index < -0.39 is 0 Å². The molecule has 296 valence electrons. The Labute approximate surface area is 319 Å². The van der Waals surface area contributed by atoms with Crippen LogP contribution in [0.2, 0.25) is 0 Å². The van der Waals surface area contributed by atoms with E-state index >= 15 is 0 Å². The van der Waals surface area contributed by atoms with Crippen LogP contribution in [0, 0.1) is 5.41 Å². The molecule has 0 aliphatic heterocycles. The van der Waals surface area contributed by atoms with Crippen molar-refractivity contribution < 1.29 is 0 Å². The molecule has 0 N–H and O–H groups in total. The van der Waals surface area contributed by atoms with Crippen LogP contribution in [-0.2, 0) is 0 Å². The third-order valence-electron chi connectivity index (χ3n) is 11.0. The molecule has 0 aliphatic carbocycles. The minimum absolute atomic E-state index is 0.530. The molecule has 0 nitrogen and oxygen atoms in total. The quantitative estimate of drug-likeness (QED) is 0.0440. The Kier molecular flexibility index (Phi) is 42.0. The fraction of sp³-hybridized carbons (Fsp3) is 0.880. The Balaban J connectivity index is 3.08. The van der Waals surface area contributed by atoms with Crippen molar-refractivity contribution in [2.45, 2.75) is 278 Å². The van der Waals surface area contributed by atoms with Gasteiger partial charge in [0.05, 0.1) is 0 Å². The van der Waals surface area contributed by atoms with Gasteiger partial charge in [0.15, 0.2) is 0 Å². The predicted octanol–water partition coefficient (Wildman–Crippen LogP) is 18.9. The highest BCUT2D eigenvalue weighted by atomic mass is 14.1. The lowest BCUT2D eigenvalue weighted by Gasteiger charge is -2.17. The second-order valence-electron chi connectivity index (χ2n) is 17.6. The molecule has 0 aromatic carbocycles. The van der Waals surface area contributed by atoms with Crippen molar-refractivity contribution >= 4 is 0 Å². The monoisotopic (exact) mass is 697 g/mol. The molecule has 0 spiro atoms. The summed E-state index contributed by atoms with van der Waals surface area (Å²) < 4.78 is 0. The van der Waals surface area contributed by atoms with E-state index in [1.54, 1.807) is 0 Å². The molecule has 0 amide bonds. The van der Waals surface area contributed by atoms with Crippen LogP contribution >= 0.6 is 0 Å². The topological polar surface area (TPSA) is 0 Å². The van der Waals surface area contributed by atoms with E-state index in [4.69, 9.17) is 0 Å². The van der Waals surface area contributed by atoms with E-state index in [1.807, 2.05) is 12.2 Å². The molecule has 0 saturated carbocycles. The van der Waals surface area contributed by atoms with Gasteiger partial charge in [-0.15, -0.1) is 0 Å². The lowest BCUT2D eigenvalue weighted by atomic mass is 9.89. The molecule has 0 rings (SSSR count). The molecular weight excluding hydrogens is 601 g/mol. The van der Waals surface area contributed by atoms with Gasteiger partial charge in [0.25, 0.3) is 0 Å². The number of hydrogen-bond acceptors (Lipinski definition) is 0. The average Bonchev–Trinajstić information content (AvgIpc) is 3.09. The molecule has 0 fully saturated rings. The van der Waals surface area contributed by atoms with Gasteiger partial charge in [-0.25, -0.2) is 0 Å². The third-order valence-corrected chi connectivity index (χ3v) is 11.0. The number of hydrogen-bond donors (Lipinski definition) is 0. The van der Waals surface area contributed by atoms with Crippen molar-refractivity contribution in [3.8, 4) is 0 Å². The molecule has 0 aliphatic rings. The van der Waals surface area contributed by atoms with Crippen LogP contribution < -0.4 is 0 Å². The zero-order valence-electron chi connectivity index (χ0n) is 35.4. The van der Waals surface area contributed by atoms with Crippen LogP contribution in [0.1, 0.15) is 278 Å². The number of unbranched alkanes of at least 4 members (excludes halogenated alkanes) is 38. The third kappa shape index (κ3) is 47.2. The molecular formula is C50H96. The normalized spacial score (nSPS) is 12.2. The highest BCUT2D eigenvalue weighted by molar-refractivity contribution is 5.08. The van der Waals surface area contributed by atoms with Crippen molar-refractivity contribution in [2.75, 3.05) is 0 Å². The van der Waals surface area contributed by atoms with Crippen LogP contribution in [0.15, 0.2) is 37.0 Å². The molecule has 0 unspecified atom stereocenters. The summed E-state index contributed by atoms with van der Waals surface area (Å²) in [5, 5.41) is 0. The first-order valence-corrected chi connectivity index (χ1v) is 23.5. The Morgan fingerprint density at radius 2 is 0.500 bits per heavy atom. The van der Waals surface area contributed by atoms with Crippen LogP contribution in [-0.4, -0.2) is 0 Å². The maximum absolute atomic E-state index is 3.69. The van der Waals surface area contributed by atoms with Crippen LogP contribution in [0.4, 0.5) is 0 Å². The van der Waals surface area contributed by atoms with E-state index in [0.29, 0.717) is 5.41 Å². The van der Waals surface area contributed by atoms with E-state index in [-0.39, 0.29) is 0 Å². The Morgan fingerprint density at radius 1 is 0.280 bits per heavy atom. The van der Waals surface area contributed by atoms with Gasteiger partial charge in [-0.1, -0.05) is 295 Å². The Bertz CT molecular complexity index is 675. The van der Waals surface area contributed by atoms with Crippen LogP contribution in [0.25, 0.3) is 0 Å². The molecule has 50 heavy (non-hydrogen) atoms. The van der Waals surface area contributed by atoms with E-state index in [2.05, 4.69) is 45.6 Å². The average molecular weight is 697 g/mol.